The lowest BCUT2D eigenvalue weighted by Gasteiger charge is -2.33. The van der Waals surface area contributed by atoms with Crippen molar-refractivity contribution in [2.24, 2.45) is 11.8 Å². The molecule has 2 fully saturated rings. The van der Waals surface area contributed by atoms with Crippen LogP contribution in [-0.4, -0.2) is 31.9 Å². The number of piperidine rings is 1. The smallest absolute Gasteiger partial charge is 0.276 e. The molecule has 6 heteroatoms. The van der Waals surface area contributed by atoms with E-state index in [1.165, 1.54) is 12.8 Å². The molecule has 1 saturated carbocycles. The molecule has 2 unspecified atom stereocenters. The van der Waals surface area contributed by atoms with E-state index in [-0.39, 0.29) is 5.09 Å². The zero-order chi connectivity index (χ0) is 15.0. The van der Waals surface area contributed by atoms with Crippen LogP contribution in [0, 0.1) is 11.8 Å². The van der Waals surface area contributed by atoms with Gasteiger partial charge in [0.05, 0.1) is 6.54 Å². The molecule has 2 atom stereocenters. The van der Waals surface area contributed by atoms with E-state index >= 15 is 0 Å². The summed E-state index contributed by atoms with van der Waals surface area (Å²) in [5, 5.41) is 3.41. The molecule has 1 N–H and O–H groups in total. The van der Waals surface area contributed by atoms with E-state index < -0.39 is 10.0 Å². The second kappa shape index (κ2) is 5.74. The van der Waals surface area contributed by atoms with Gasteiger partial charge in [0.2, 0.25) is 5.09 Å². The average molecular weight is 312 g/mol. The Labute approximate surface area is 126 Å². The number of sulfonamides is 1. The summed E-state index contributed by atoms with van der Waals surface area (Å²) >= 11 is 0. The normalized spacial score (nSPS) is 27.9. The van der Waals surface area contributed by atoms with Gasteiger partial charge >= 0.3 is 0 Å². The Balaban J connectivity index is 1.71. The Bertz CT molecular complexity index is 582. The van der Waals surface area contributed by atoms with Crippen LogP contribution in [0.25, 0.3) is 0 Å². The summed E-state index contributed by atoms with van der Waals surface area (Å²) in [5.41, 5.74) is 0. The van der Waals surface area contributed by atoms with Crippen LogP contribution in [-0.2, 0) is 16.6 Å². The molecule has 5 nitrogen and oxygen atoms in total. The van der Waals surface area contributed by atoms with Crippen LogP contribution in [0.3, 0.4) is 0 Å². The van der Waals surface area contributed by atoms with Crippen molar-refractivity contribution in [3.05, 3.63) is 17.9 Å². The van der Waals surface area contributed by atoms with Gasteiger partial charge in [-0.15, -0.1) is 0 Å². The zero-order valence-electron chi connectivity index (χ0n) is 12.7. The fourth-order valence-electron chi connectivity index (χ4n) is 3.05. The highest BCUT2D eigenvalue weighted by Gasteiger charge is 2.33. The molecule has 1 aromatic heterocycles. The molecule has 0 spiro atoms. The second-order valence-corrected chi connectivity index (χ2v) is 8.51. The van der Waals surface area contributed by atoms with Crippen molar-refractivity contribution in [3.8, 4) is 0 Å². The third-order valence-electron chi connectivity index (χ3n) is 4.21. The first kappa shape index (κ1) is 15.1. The average Bonchev–Trinajstić information content (AvgIpc) is 3.11. The van der Waals surface area contributed by atoms with Gasteiger partial charge in [0.15, 0.2) is 0 Å². The first-order chi connectivity index (χ1) is 9.95. The highest BCUT2D eigenvalue weighted by Crippen LogP contribution is 2.27. The summed E-state index contributed by atoms with van der Waals surface area (Å²) in [6, 6.07) is 3.93. The summed E-state index contributed by atoms with van der Waals surface area (Å²) in [4.78, 5) is 0. The summed E-state index contributed by atoms with van der Waals surface area (Å²) < 4.78 is 32.4. The maximum Gasteiger partial charge on any atom is 0.276 e. The standard InChI is InChI=1S/C15H24N2O3S/c1-11-7-12(2)10-17(9-11)21(18,19)15-6-5-14(20-15)8-16-13-3-4-13/h5-6,11-13,16H,3-4,7-10H2,1-2H3. The van der Waals surface area contributed by atoms with E-state index in [9.17, 15) is 8.42 Å². The molecular formula is C15H24N2O3S. The molecule has 21 heavy (non-hydrogen) atoms. The fourth-order valence-corrected chi connectivity index (χ4v) is 4.66. The van der Waals surface area contributed by atoms with Gasteiger partial charge in [-0.2, -0.15) is 4.31 Å². The van der Waals surface area contributed by atoms with Crippen LogP contribution >= 0.6 is 0 Å². The van der Waals surface area contributed by atoms with Crippen molar-refractivity contribution in [1.82, 2.24) is 9.62 Å². The predicted octanol–water partition coefficient (Wildman–Crippen LogP) is 2.20. The van der Waals surface area contributed by atoms with E-state index in [0.717, 1.165) is 6.42 Å². The Morgan fingerprint density at radius 2 is 1.90 bits per heavy atom. The summed E-state index contributed by atoms with van der Waals surface area (Å²) in [5.74, 6) is 1.49. The molecule has 1 aliphatic heterocycles. The molecule has 1 aliphatic carbocycles. The second-order valence-electron chi connectivity index (χ2n) is 6.64. The maximum atomic E-state index is 12.7. The van der Waals surface area contributed by atoms with Crippen LogP contribution in [0.2, 0.25) is 0 Å². The van der Waals surface area contributed by atoms with E-state index in [0.29, 0.717) is 43.3 Å². The van der Waals surface area contributed by atoms with Gasteiger partial charge in [-0.3, -0.25) is 0 Å². The van der Waals surface area contributed by atoms with Crippen molar-refractivity contribution in [1.29, 1.82) is 0 Å². The topological polar surface area (TPSA) is 62.6 Å². The number of rotatable bonds is 5. The minimum atomic E-state index is -3.49. The van der Waals surface area contributed by atoms with Gasteiger partial charge in [0, 0.05) is 19.1 Å². The van der Waals surface area contributed by atoms with E-state index in [2.05, 4.69) is 19.2 Å². The Kier molecular flexibility index (Phi) is 4.12. The summed E-state index contributed by atoms with van der Waals surface area (Å²) in [6.45, 7) is 5.98. The predicted molar refractivity (Wildman–Crippen MR) is 80.3 cm³/mol. The number of nitrogens with zero attached hydrogens (tertiary/aromatic N) is 1. The van der Waals surface area contributed by atoms with Crippen LogP contribution in [0.5, 0.6) is 0 Å². The quantitative estimate of drug-likeness (QED) is 0.905. The lowest BCUT2D eigenvalue weighted by molar-refractivity contribution is 0.218. The van der Waals surface area contributed by atoms with Crippen LogP contribution in [0.15, 0.2) is 21.6 Å². The fraction of sp³-hybridized carbons (Fsp3) is 0.733. The van der Waals surface area contributed by atoms with Gasteiger partial charge < -0.3 is 9.73 Å². The van der Waals surface area contributed by atoms with E-state index in [1.807, 2.05) is 0 Å². The zero-order valence-corrected chi connectivity index (χ0v) is 13.5. The number of hydrogen-bond acceptors (Lipinski definition) is 4. The van der Waals surface area contributed by atoms with Gasteiger partial charge in [0.1, 0.15) is 5.76 Å². The number of nitrogens with one attached hydrogen (secondary N) is 1. The van der Waals surface area contributed by atoms with Crippen LogP contribution in [0.1, 0.15) is 38.9 Å². The SMILES string of the molecule is CC1CC(C)CN(S(=O)(=O)c2ccc(CNC3CC3)o2)C1. The minimum absolute atomic E-state index is 0.0800. The molecule has 2 aliphatic rings. The van der Waals surface area contributed by atoms with Gasteiger partial charge in [-0.05, 0) is 43.2 Å². The molecule has 118 valence electrons. The Morgan fingerprint density at radius 1 is 1.24 bits per heavy atom. The maximum absolute atomic E-state index is 12.7. The highest BCUT2D eigenvalue weighted by atomic mass is 32.2. The van der Waals surface area contributed by atoms with Crippen molar-refractivity contribution < 1.29 is 12.8 Å². The molecule has 0 radical (unpaired) electrons. The Morgan fingerprint density at radius 3 is 2.52 bits per heavy atom. The molecule has 0 aromatic carbocycles. The van der Waals surface area contributed by atoms with Crippen molar-refractivity contribution in [2.75, 3.05) is 13.1 Å². The first-order valence-corrected chi connectivity index (χ1v) is 9.21. The lowest BCUT2D eigenvalue weighted by Crippen LogP contribution is -2.42. The molecular weight excluding hydrogens is 288 g/mol. The number of furan rings is 1. The van der Waals surface area contributed by atoms with E-state index in [1.54, 1.807) is 16.4 Å². The molecule has 3 rings (SSSR count). The monoisotopic (exact) mass is 312 g/mol. The summed E-state index contributed by atoms with van der Waals surface area (Å²) in [7, 11) is -3.49. The van der Waals surface area contributed by atoms with Gasteiger partial charge in [-0.25, -0.2) is 8.42 Å². The third kappa shape index (κ3) is 3.49. The van der Waals surface area contributed by atoms with Crippen molar-refractivity contribution in [3.63, 3.8) is 0 Å². The highest BCUT2D eigenvalue weighted by molar-refractivity contribution is 7.89. The molecule has 1 aromatic rings. The minimum Gasteiger partial charge on any atom is -0.447 e. The van der Waals surface area contributed by atoms with Crippen molar-refractivity contribution >= 4 is 10.0 Å². The van der Waals surface area contributed by atoms with E-state index in [4.69, 9.17) is 4.42 Å². The van der Waals surface area contributed by atoms with Gasteiger partial charge in [0.25, 0.3) is 10.0 Å². The molecule has 1 saturated heterocycles. The third-order valence-corrected chi connectivity index (χ3v) is 5.91. The van der Waals surface area contributed by atoms with Crippen molar-refractivity contribution in [2.45, 2.75) is 50.8 Å². The molecule has 0 amide bonds. The number of hydrogen-bond donors (Lipinski definition) is 1. The van der Waals surface area contributed by atoms with Crippen LogP contribution in [0.4, 0.5) is 0 Å². The summed E-state index contributed by atoms with van der Waals surface area (Å²) in [6.07, 6.45) is 3.49. The van der Waals surface area contributed by atoms with Gasteiger partial charge in [-0.1, -0.05) is 13.8 Å². The molecule has 0 bridgehead atoms. The largest absolute Gasteiger partial charge is 0.447 e. The Hall–Kier alpha value is -0.850. The van der Waals surface area contributed by atoms with Crippen LogP contribution < -0.4 is 5.32 Å². The molecule has 2 heterocycles. The first-order valence-electron chi connectivity index (χ1n) is 7.77. The lowest BCUT2D eigenvalue weighted by atomic mass is 9.94.